The molecule has 0 saturated carbocycles. The van der Waals surface area contributed by atoms with Gasteiger partial charge in [0.15, 0.2) is 5.82 Å². The summed E-state index contributed by atoms with van der Waals surface area (Å²) in [7, 11) is 0. The number of benzene rings is 1. The lowest BCUT2D eigenvalue weighted by atomic mass is 10.2. The Hall–Kier alpha value is -1.55. The Morgan fingerprint density at radius 3 is 2.94 bits per heavy atom. The molecule has 0 aliphatic carbocycles. The minimum atomic E-state index is -1.02. The lowest BCUT2D eigenvalue weighted by molar-refractivity contribution is -0.131. The zero-order valence-electron chi connectivity index (χ0n) is 8.63. The summed E-state index contributed by atoms with van der Waals surface area (Å²) in [4.78, 5) is 10.3. The Labute approximate surface area is 97.5 Å². The molecule has 0 atom stereocenters. The highest BCUT2D eigenvalue weighted by Crippen LogP contribution is 2.21. The summed E-state index contributed by atoms with van der Waals surface area (Å²) < 4.78 is 13.4. The lowest BCUT2D eigenvalue weighted by Crippen LogP contribution is -2.06. The minimum absolute atomic E-state index is 0.0323. The number of nitrogens with one attached hydrogen (secondary N) is 1. The summed E-state index contributed by atoms with van der Waals surface area (Å²) in [5.41, 5.74) is 0.845. The zero-order chi connectivity index (χ0) is 12.1. The molecule has 0 aromatic heterocycles. The van der Waals surface area contributed by atoms with Gasteiger partial charge in [-0.15, -0.1) is 0 Å². The SMILES string of the molecule is C/C(=C/C(=O)O)CNc1cccc(Cl)c1F. The second kappa shape index (κ2) is 5.51. The van der Waals surface area contributed by atoms with Gasteiger partial charge in [-0.2, -0.15) is 0 Å². The fourth-order valence-corrected chi connectivity index (χ4v) is 1.31. The number of anilines is 1. The number of carboxylic acids is 1. The second-order valence-electron chi connectivity index (χ2n) is 3.28. The van der Waals surface area contributed by atoms with Crippen LogP contribution in [0.15, 0.2) is 29.8 Å². The van der Waals surface area contributed by atoms with Gasteiger partial charge in [0.1, 0.15) is 0 Å². The maximum atomic E-state index is 13.4. The van der Waals surface area contributed by atoms with Crippen molar-refractivity contribution in [1.29, 1.82) is 0 Å². The van der Waals surface area contributed by atoms with Crippen LogP contribution in [0.25, 0.3) is 0 Å². The molecule has 0 fully saturated rings. The molecule has 0 aliphatic rings. The summed E-state index contributed by atoms with van der Waals surface area (Å²) in [6.07, 6.45) is 1.06. The Morgan fingerprint density at radius 1 is 1.62 bits per heavy atom. The topological polar surface area (TPSA) is 49.3 Å². The number of hydrogen-bond acceptors (Lipinski definition) is 2. The first-order valence-corrected chi connectivity index (χ1v) is 4.96. The van der Waals surface area contributed by atoms with E-state index in [0.717, 1.165) is 6.08 Å². The Kier molecular flexibility index (Phi) is 4.31. The first-order chi connectivity index (χ1) is 7.50. The molecule has 2 N–H and O–H groups in total. The van der Waals surface area contributed by atoms with Gasteiger partial charge in [-0.05, 0) is 24.6 Å². The minimum Gasteiger partial charge on any atom is -0.478 e. The van der Waals surface area contributed by atoms with Crippen molar-refractivity contribution in [2.45, 2.75) is 6.92 Å². The highest BCUT2D eigenvalue weighted by atomic mass is 35.5. The van der Waals surface area contributed by atoms with Gasteiger partial charge in [-0.1, -0.05) is 17.7 Å². The van der Waals surface area contributed by atoms with E-state index in [1.54, 1.807) is 13.0 Å². The molecular formula is C11H11ClFNO2. The smallest absolute Gasteiger partial charge is 0.328 e. The van der Waals surface area contributed by atoms with Crippen LogP contribution in [-0.4, -0.2) is 17.6 Å². The van der Waals surface area contributed by atoms with Gasteiger partial charge in [-0.3, -0.25) is 0 Å². The van der Waals surface area contributed by atoms with Crippen molar-refractivity contribution in [2.75, 3.05) is 11.9 Å². The highest BCUT2D eigenvalue weighted by molar-refractivity contribution is 6.31. The van der Waals surface area contributed by atoms with Crippen LogP contribution in [-0.2, 0) is 4.79 Å². The summed E-state index contributed by atoms with van der Waals surface area (Å²) in [5, 5.41) is 11.3. The fourth-order valence-electron chi connectivity index (χ4n) is 1.14. The van der Waals surface area contributed by atoms with Gasteiger partial charge < -0.3 is 10.4 Å². The van der Waals surface area contributed by atoms with Crippen LogP contribution in [0, 0.1) is 5.82 Å². The van der Waals surface area contributed by atoms with Crippen molar-refractivity contribution in [1.82, 2.24) is 0 Å². The summed E-state index contributed by atoms with van der Waals surface area (Å²) >= 11 is 5.59. The molecule has 0 radical (unpaired) electrons. The predicted molar refractivity (Wildman–Crippen MR) is 61.3 cm³/mol. The standard InChI is InChI=1S/C11H11ClFNO2/c1-7(5-10(15)16)6-14-9-4-2-3-8(12)11(9)13/h2-5,14H,6H2,1H3,(H,15,16)/b7-5-. The quantitative estimate of drug-likeness (QED) is 0.800. The Bertz CT molecular complexity index is 432. The van der Waals surface area contributed by atoms with Gasteiger partial charge in [-0.25, -0.2) is 9.18 Å². The molecule has 0 amide bonds. The van der Waals surface area contributed by atoms with Crippen molar-refractivity contribution in [3.05, 3.63) is 40.7 Å². The molecule has 1 aromatic rings. The summed E-state index contributed by atoms with van der Waals surface area (Å²) in [5.74, 6) is -1.56. The zero-order valence-corrected chi connectivity index (χ0v) is 9.38. The fraction of sp³-hybridized carbons (Fsp3) is 0.182. The van der Waals surface area contributed by atoms with E-state index in [1.807, 2.05) is 0 Å². The van der Waals surface area contributed by atoms with E-state index in [4.69, 9.17) is 16.7 Å². The molecule has 0 heterocycles. The number of rotatable bonds is 4. The average Bonchev–Trinajstić information content (AvgIpc) is 2.19. The lowest BCUT2D eigenvalue weighted by Gasteiger charge is -2.08. The van der Waals surface area contributed by atoms with Crippen molar-refractivity contribution < 1.29 is 14.3 Å². The predicted octanol–water partition coefficient (Wildman–Crippen LogP) is 2.92. The van der Waals surface area contributed by atoms with Crippen molar-refractivity contribution in [3.63, 3.8) is 0 Å². The highest BCUT2D eigenvalue weighted by Gasteiger charge is 2.05. The maximum Gasteiger partial charge on any atom is 0.328 e. The third-order valence-corrected chi connectivity index (χ3v) is 2.17. The molecule has 86 valence electrons. The van der Waals surface area contributed by atoms with E-state index in [0.29, 0.717) is 5.57 Å². The Morgan fingerprint density at radius 2 is 2.31 bits per heavy atom. The number of aliphatic carboxylic acids is 1. The van der Waals surface area contributed by atoms with E-state index in [-0.39, 0.29) is 17.3 Å². The monoisotopic (exact) mass is 243 g/mol. The molecule has 1 rings (SSSR count). The number of hydrogen-bond donors (Lipinski definition) is 2. The number of carbonyl (C=O) groups is 1. The normalized spacial score (nSPS) is 11.3. The number of carboxylic acid groups (broad SMARTS) is 1. The van der Waals surface area contributed by atoms with E-state index >= 15 is 0 Å². The first kappa shape index (κ1) is 12.5. The van der Waals surface area contributed by atoms with Crippen LogP contribution in [0.5, 0.6) is 0 Å². The van der Waals surface area contributed by atoms with Crippen LogP contribution in [0.4, 0.5) is 10.1 Å². The van der Waals surface area contributed by atoms with E-state index < -0.39 is 11.8 Å². The molecule has 0 bridgehead atoms. The van der Waals surface area contributed by atoms with Crippen molar-refractivity contribution in [3.8, 4) is 0 Å². The molecule has 1 aromatic carbocycles. The molecule has 0 aliphatic heterocycles. The maximum absolute atomic E-state index is 13.4. The van der Waals surface area contributed by atoms with Gasteiger partial charge in [0.2, 0.25) is 0 Å². The third-order valence-electron chi connectivity index (χ3n) is 1.88. The molecule has 3 nitrogen and oxygen atoms in total. The van der Waals surface area contributed by atoms with Gasteiger partial charge in [0, 0.05) is 12.6 Å². The van der Waals surface area contributed by atoms with E-state index in [1.165, 1.54) is 12.1 Å². The second-order valence-corrected chi connectivity index (χ2v) is 3.69. The average molecular weight is 244 g/mol. The van der Waals surface area contributed by atoms with E-state index in [2.05, 4.69) is 5.32 Å². The molecule has 0 saturated heterocycles. The van der Waals surface area contributed by atoms with Crippen LogP contribution in [0.3, 0.4) is 0 Å². The van der Waals surface area contributed by atoms with Crippen LogP contribution >= 0.6 is 11.6 Å². The molecule has 0 spiro atoms. The summed E-state index contributed by atoms with van der Waals surface area (Å²) in [6, 6.07) is 4.60. The van der Waals surface area contributed by atoms with Gasteiger partial charge in [0.05, 0.1) is 10.7 Å². The van der Waals surface area contributed by atoms with Crippen LogP contribution in [0.2, 0.25) is 5.02 Å². The molecular weight excluding hydrogens is 233 g/mol. The van der Waals surface area contributed by atoms with E-state index in [9.17, 15) is 9.18 Å². The summed E-state index contributed by atoms with van der Waals surface area (Å²) in [6.45, 7) is 1.90. The molecule has 16 heavy (non-hydrogen) atoms. The molecule has 0 unspecified atom stereocenters. The van der Waals surface area contributed by atoms with Crippen LogP contribution in [0.1, 0.15) is 6.92 Å². The van der Waals surface area contributed by atoms with Gasteiger partial charge >= 0.3 is 5.97 Å². The first-order valence-electron chi connectivity index (χ1n) is 4.58. The Balaban J connectivity index is 2.68. The molecule has 5 heteroatoms. The third kappa shape index (κ3) is 3.55. The van der Waals surface area contributed by atoms with Crippen LogP contribution < -0.4 is 5.32 Å². The van der Waals surface area contributed by atoms with Crippen molar-refractivity contribution >= 4 is 23.3 Å². The largest absolute Gasteiger partial charge is 0.478 e. The number of halogens is 2. The van der Waals surface area contributed by atoms with Crippen molar-refractivity contribution in [2.24, 2.45) is 0 Å². The van der Waals surface area contributed by atoms with Gasteiger partial charge in [0.25, 0.3) is 0 Å².